The van der Waals surface area contributed by atoms with Crippen molar-refractivity contribution in [3.8, 4) is 0 Å². The molecule has 21 heavy (non-hydrogen) atoms. The minimum atomic E-state index is 0.420. The van der Waals surface area contributed by atoms with Crippen LogP contribution in [0, 0.1) is 5.92 Å². The van der Waals surface area contributed by atoms with Crippen LogP contribution in [0.1, 0.15) is 43.5 Å². The third-order valence-corrected chi connectivity index (χ3v) is 5.60. The fourth-order valence-electron chi connectivity index (χ4n) is 2.36. The van der Waals surface area contributed by atoms with E-state index in [4.69, 9.17) is 0 Å². The monoisotopic (exact) mass is 323 g/mol. The average molecular weight is 324 g/mol. The Kier molecular flexibility index (Phi) is 6.21. The predicted octanol–water partition coefficient (Wildman–Crippen LogP) is 4.54. The van der Waals surface area contributed by atoms with Crippen LogP contribution >= 0.6 is 22.7 Å². The van der Waals surface area contributed by atoms with Crippen molar-refractivity contribution >= 4 is 27.8 Å². The average Bonchev–Trinajstić information content (AvgIpc) is 3.12. The highest BCUT2D eigenvalue weighted by Gasteiger charge is 2.17. The van der Waals surface area contributed by atoms with E-state index in [1.54, 1.807) is 11.3 Å². The van der Waals surface area contributed by atoms with Gasteiger partial charge in [-0.05, 0) is 31.2 Å². The molecule has 1 atom stereocenters. The molecule has 0 bridgehead atoms. The lowest BCUT2D eigenvalue weighted by molar-refractivity contribution is 0.418. The summed E-state index contributed by atoms with van der Waals surface area (Å²) in [6.45, 7) is 11.8. The Morgan fingerprint density at radius 2 is 2.05 bits per heavy atom. The molecule has 2 rings (SSSR count). The van der Waals surface area contributed by atoms with Crippen molar-refractivity contribution in [3.05, 3.63) is 33.5 Å². The summed E-state index contributed by atoms with van der Waals surface area (Å²) in [6, 6.07) is 4.77. The van der Waals surface area contributed by atoms with Crippen molar-refractivity contribution in [3.63, 3.8) is 0 Å². The number of aromatic nitrogens is 1. The molecule has 0 spiro atoms. The Hall–Kier alpha value is -0.910. The Morgan fingerprint density at radius 3 is 2.62 bits per heavy atom. The molecule has 5 heteroatoms. The Bertz CT molecular complexity index is 515. The van der Waals surface area contributed by atoms with Crippen molar-refractivity contribution in [2.75, 3.05) is 18.0 Å². The van der Waals surface area contributed by atoms with Gasteiger partial charge < -0.3 is 10.2 Å². The van der Waals surface area contributed by atoms with Crippen molar-refractivity contribution in [2.45, 2.75) is 40.3 Å². The van der Waals surface area contributed by atoms with E-state index in [1.165, 1.54) is 9.75 Å². The second-order valence-electron chi connectivity index (χ2n) is 5.40. The largest absolute Gasteiger partial charge is 0.349 e. The van der Waals surface area contributed by atoms with Gasteiger partial charge in [0.1, 0.15) is 0 Å². The summed E-state index contributed by atoms with van der Waals surface area (Å²) < 4.78 is 0. The second-order valence-corrected chi connectivity index (χ2v) is 7.47. The zero-order valence-electron chi connectivity index (χ0n) is 13.3. The van der Waals surface area contributed by atoms with Crippen molar-refractivity contribution in [1.82, 2.24) is 10.3 Å². The maximum absolute atomic E-state index is 4.55. The lowest BCUT2D eigenvalue weighted by Gasteiger charge is -2.21. The van der Waals surface area contributed by atoms with E-state index >= 15 is 0 Å². The van der Waals surface area contributed by atoms with Gasteiger partial charge in [0.05, 0.1) is 0 Å². The van der Waals surface area contributed by atoms with Gasteiger partial charge in [0, 0.05) is 41.6 Å². The molecule has 0 radical (unpaired) electrons. The van der Waals surface area contributed by atoms with Crippen LogP contribution in [-0.4, -0.2) is 18.1 Å². The molecule has 2 aromatic rings. The summed E-state index contributed by atoms with van der Waals surface area (Å²) >= 11 is 3.63. The lowest BCUT2D eigenvalue weighted by Crippen LogP contribution is -2.24. The topological polar surface area (TPSA) is 28.2 Å². The summed E-state index contributed by atoms with van der Waals surface area (Å²) in [5, 5.41) is 6.97. The Labute approximate surface area is 136 Å². The molecule has 116 valence electrons. The number of rotatable bonds is 8. The van der Waals surface area contributed by atoms with Gasteiger partial charge in [-0.3, -0.25) is 0 Å². The molecule has 1 N–H and O–H groups in total. The van der Waals surface area contributed by atoms with E-state index < -0.39 is 0 Å². The molecular weight excluding hydrogens is 298 g/mol. The molecule has 0 saturated carbocycles. The SMILES string of the molecule is CCN(CC)c1ncc(CNC(c2cccs2)C(C)C)s1. The molecule has 1 unspecified atom stereocenters. The van der Waals surface area contributed by atoms with Crippen molar-refractivity contribution in [2.24, 2.45) is 5.92 Å². The van der Waals surface area contributed by atoms with E-state index in [0.29, 0.717) is 12.0 Å². The number of hydrogen-bond acceptors (Lipinski definition) is 5. The standard InChI is InChI=1S/C16H25N3S2/c1-5-19(6-2)16-18-11-13(21-16)10-17-15(12(3)4)14-8-7-9-20-14/h7-9,11-12,15,17H,5-6,10H2,1-4H3. The molecule has 0 aliphatic rings. The quantitative estimate of drug-likeness (QED) is 0.773. The minimum absolute atomic E-state index is 0.420. The summed E-state index contributed by atoms with van der Waals surface area (Å²) in [4.78, 5) is 9.57. The summed E-state index contributed by atoms with van der Waals surface area (Å²) in [6.07, 6.45) is 2.01. The lowest BCUT2D eigenvalue weighted by atomic mass is 10.0. The van der Waals surface area contributed by atoms with Crippen molar-refractivity contribution in [1.29, 1.82) is 0 Å². The molecule has 2 heterocycles. The minimum Gasteiger partial charge on any atom is -0.349 e. The van der Waals surface area contributed by atoms with Gasteiger partial charge in [-0.25, -0.2) is 4.98 Å². The van der Waals surface area contributed by atoms with Crippen LogP contribution in [-0.2, 0) is 6.54 Å². The molecule has 0 aromatic carbocycles. The molecule has 0 aliphatic carbocycles. The normalized spacial score (nSPS) is 12.8. The Morgan fingerprint density at radius 1 is 1.29 bits per heavy atom. The maximum atomic E-state index is 4.55. The van der Waals surface area contributed by atoms with Crippen LogP contribution in [0.2, 0.25) is 0 Å². The highest BCUT2D eigenvalue weighted by Crippen LogP contribution is 2.27. The van der Waals surface area contributed by atoms with E-state index in [0.717, 1.165) is 24.8 Å². The smallest absolute Gasteiger partial charge is 0.185 e. The first-order chi connectivity index (χ1) is 10.2. The number of thiophene rings is 1. The van der Waals surface area contributed by atoms with Crippen LogP contribution in [0.5, 0.6) is 0 Å². The number of anilines is 1. The van der Waals surface area contributed by atoms with Gasteiger partial charge in [-0.1, -0.05) is 19.9 Å². The summed E-state index contributed by atoms with van der Waals surface area (Å²) in [5.41, 5.74) is 0. The summed E-state index contributed by atoms with van der Waals surface area (Å²) in [5.74, 6) is 0.582. The maximum Gasteiger partial charge on any atom is 0.185 e. The van der Waals surface area contributed by atoms with E-state index in [1.807, 2.05) is 17.5 Å². The highest BCUT2D eigenvalue weighted by molar-refractivity contribution is 7.15. The van der Waals surface area contributed by atoms with Gasteiger partial charge in [0.15, 0.2) is 5.13 Å². The number of nitrogens with zero attached hydrogens (tertiary/aromatic N) is 2. The van der Waals surface area contributed by atoms with Gasteiger partial charge >= 0.3 is 0 Å². The van der Waals surface area contributed by atoms with Crippen LogP contribution in [0.4, 0.5) is 5.13 Å². The fourth-order valence-corrected chi connectivity index (χ4v) is 4.32. The Balaban J connectivity index is 1.98. The third kappa shape index (κ3) is 4.28. The van der Waals surface area contributed by atoms with Gasteiger partial charge in [-0.2, -0.15) is 0 Å². The molecule has 3 nitrogen and oxygen atoms in total. The first-order valence-corrected chi connectivity index (χ1v) is 9.31. The van der Waals surface area contributed by atoms with E-state index in [9.17, 15) is 0 Å². The molecule has 0 saturated heterocycles. The molecular formula is C16H25N3S2. The zero-order chi connectivity index (χ0) is 15.2. The first kappa shape index (κ1) is 16.5. The van der Waals surface area contributed by atoms with Crippen LogP contribution in [0.3, 0.4) is 0 Å². The zero-order valence-corrected chi connectivity index (χ0v) is 14.9. The van der Waals surface area contributed by atoms with Crippen LogP contribution < -0.4 is 10.2 Å². The van der Waals surface area contributed by atoms with Gasteiger partial charge in [0.2, 0.25) is 0 Å². The van der Waals surface area contributed by atoms with Gasteiger partial charge in [0.25, 0.3) is 0 Å². The van der Waals surface area contributed by atoms with Crippen LogP contribution in [0.15, 0.2) is 23.7 Å². The fraction of sp³-hybridized carbons (Fsp3) is 0.562. The highest BCUT2D eigenvalue weighted by atomic mass is 32.1. The number of nitrogens with one attached hydrogen (secondary N) is 1. The third-order valence-electron chi connectivity index (χ3n) is 3.59. The number of thiazole rings is 1. The van der Waals surface area contributed by atoms with Gasteiger partial charge in [-0.15, -0.1) is 22.7 Å². The summed E-state index contributed by atoms with van der Waals surface area (Å²) in [7, 11) is 0. The molecule has 0 aliphatic heterocycles. The molecule has 2 aromatic heterocycles. The number of hydrogen-bond donors (Lipinski definition) is 1. The van der Waals surface area contributed by atoms with E-state index in [-0.39, 0.29) is 0 Å². The molecule has 0 amide bonds. The molecule has 0 fully saturated rings. The first-order valence-electron chi connectivity index (χ1n) is 7.62. The van der Waals surface area contributed by atoms with Crippen LogP contribution in [0.25, 0.3) is 0 Å². The van der Waals surface area contributed by atoms with E-state index in [2.05, 4.69) is 60.4 Å². The predicted molar refractivity (Wildman–Crippen MR) is 94.4 cm³/mol. The second kappa shape index (κ2) is 7.92. The van der Waals surface area contributed by atoms with Crippen molar-refractivity contribution < 1.29 is 0 Å².